The maximum Gasteiger partial charge on any atom is 0.410 e. The van der Waals surface area contributed by atoms with Crippen LogP contribution in [-0.2, 0) is 11.3 Å². The third kappa shape index (κ3) is 5.39. The van der Waals surface area contributed by atoms with E-state index in [1.54, 1.807) is 11.0 Å². The van der Waals surface area contributed by atoms with Crippen molar-refractivity contribution in [3.05, 3.63) is 58.1 Å². The molecule has 3 aromatic rings. The number of carbonyl (C=O) groups excluding carboxylic acids is 1. The zero-order valence-corrected chi connectivity index (χ0v) is 21.0. The minimum Gasteiger partial charge on any atom is -0.444 e. The van der Waals surface area contributed by atoms with Crippen molar-refractivity contribution in [3.8, 4) is 0 Å². The van der Waals surface area contributed by atoms with Gasteiger partial charge in [-0.2, -0.15) is 0 Å². The van der Waals surface area contributed by atoms with Gasteiger partial charge in [0.2, 0.25) is 5.95 Å². The summed E-state index contributed by atoms with van der Waals surface area (Å²) in [5, 5.41) is 1.34. The van der Waals surface area contributed by atoms with Crippen LogP contribution in [0.2, 0.25) is 10.0 Å². The maximum atomic E-state index is 12.5. The largest absolute Gasteiger partial charge is 0.444 e. The standard InChI is InChI=1S/C25H30Cl2N4O2/c1-25(2,3)33-24(32)29(4)19-11-13-30(14-12-19)23-28-21-7-5-6-8-22(21)31(23)16-17-15-18(26)9-10-20(17)27/h5-10,15,19H,11-14,16H2,1-4H3. The second-order valence-electron chi connectivity index (χ2n) is 9.53. The Morgan fingerprint density at radius 1 is 1.15 bits per heavy atom. The number of hydrogen-bond acceptors (Lipinski definition) is 4. The molecular formula is C25H30Cl2N4O2. The average molecular weight is 489 g/mol. The first kappa shape index (κ1) is 23.7. The highest BCUT2D eigenvalue weighted by Crippen LogP contribution is 2.30. The van der Waals surface area contributed by atoms with Crippen LogP contribution in [0.15, 0.2) is 42.5 Å². The number of nitrogens with zero attached hydrogens (tertiary/aromatic N) is 4. The summed E-state index contributed by atoms with van der Waals surface area (Å²) in [4.78, 5) is 21.5. The van der Waals surface area contributed by atoms with Gasteiger partial charge in [0.25, 0.3) is 0 Å². The molecule has 0 bridgehead atoms. The van der Waals surface area contributed by atoms with Gasteiger partial charge in [-0.1, -0.05) is 35.3 Å². The second-order valence-corrected chi connectivity index (χ2v) is 10.4. The van der Waals surface area contributed by atoms with Crippen molar-refractivity contribution in [2.75, 3.05) is 25.0 Å². The average Bonchev–Trinajstić information content (AvgIpc) is 3.13. The number of imidazole rings is 1. The Morgan fingerprint density at radius 3 is 2.55 bits per heavy atom. The Bertz CT molecular complexity index is 1150. The van der Waals surface area contributed by atoms with E-state index >= 15 is 0 Å². The van der Waals surface area contributed by atoms with Crippen LogP contribution in [0.4, 0.5) is 10.7 Å². The second kappa shape index (κ2) is 9.43. The first-order valence-electron chi connectivity index (χ1n) is 11.2. The topological polar surface area (TPSA) is 50.6 Å². The van der Waals surface area contributed by atoms with Crippen LogP contribution in [0.25, 0.3) is 11.0 Å². The Hall–Kier alpha value is -2.44. The van der Waals surface area contributed by atoms with Crippen molar-refractivity contribution in [1.29, 1.82) is 0 Å². The summed E-state index contributed by atoms with van der Waals surface area (Å²) in [5.41, 5.74) is 2.45. The molecule has 1 aliphatic rings. The fraction of sp³-hybridized carbons (Fsp3) is 0.440. The van der Waals surface area contributed by atoms with E-state index in [1.165, 1.54) is 0 Å². The highest BCUT2D eigenvalue weighted by atomic mass is 35.5. The number of hydrogen-bond donors (Lipinski definition) is 0. The van der Waals surface area contributed by atoms with E-state index in [2.05, 4.69) is 15.5 Å². The van der Waals surface area contributed by atoms with Crippen molar-refractivity contribution in [2.24, 2.45) is 0 Å². The molecule has 1 fully saturated rings. The SMILES string of the molecule is CN(C(=O)OC(C)(C)C)C1CCN(c2nc3ccccc3n2Cc2cc(Cl)ccc2Cl)CC1. The molecule has 0 radical (unpaired) electrons. The molecule has 1 aliphatic heterocycles. The van der Waals surface area contributed by atoms with Gasteiger partial charge >= 0.3 is 6.09 Å². The van der Waals surface area contributed by atoms with Crippen LogP contribution in [0, 0.1) is 0 Å². The number of carbonyl (C=O) groups is 1. The first-order chi connectivity index (χ1) is 15.6. The Labute approximate surface area is 205 Å². The Balaban J connectivity index is 1.55. The lowest BCUT2D eigenvalue weighted by molar-refractivity contribution is 0.0200. The maximum absolute atomic E-state index is 12.5. The van der Waals surface area contributed by atoms with Crippen molar-refractivity contribution in [1.82, 2.24) is 14.5 Å². The van der Waals surface area contributed by atoms with Crippen LogP contribution in [0.3, 0.4) is 0 Å². The van der Waals surface area contributed by atoms with Gasteiger partial charge in [0, 0.05) is 36.2 Å². The van der Waals surface area contributed by atoms with Crippen molar-refractivity contribution in [3.63, 3.8) is 0 Å². The molecule has 0 aliphatic carbocycles. The third-order valence-corrected chi connectivity index (χ3v) is 6.55. The van der Waals surface area contributed by atoms with Gasteiger partial charge in [-0.05, 0) is 69.5 Å². The summed E-state index contributed by atoms with van der Waals surface area (Å²) in [5.74, 6) is 0.908. The van der Waals surface area contributed by atoms with E-state index in [-0.39, 0.29) is 12.1 Å². The highest BCUT2D eigenvalue weighted by Gasteiger charge is 2.30. The molecule has 6 nitrogen and oxygen atoms in total. The Morgan fingerprint density at radius 2 is 1.85 bits per heavy atom. The minimum absolute atomic E-state index is 0.135. The molecule has 0 atom stereocenters. The smallest absolute Gasteiger partial charge is 0.410 e. The molecule has 33 heavy (non-hydrogen) atoms. The van der Waals surface area contributed by atoms with Gasteiger partial charge < -0.3 is 19.1 Å². The van der Waals surface area contributed by atoms with Crippen molar-refractivity contribution >= 4 is 46.3 Å². The van der Waals surface area contributed by atoms with Gasteiger partial charge in [0.05, 0.1) is 17.6 Å². The van der Waals surface area contributed by atoms with E-state index in [1.807, 2.05) is 58.2 Å². The van der Waals surface area contributed by atoms with Crippen LogP contribution >= 0.6 is 23.2 Å². The van der Waals surface area contributed by atoms with Gasteiger partial charge in [-0.15, -0.1) is 0 Å². The van der Waals surface area contributed by atoms with Crippen molar-refractivity contribution < 1.29 is 9.53 Å². The number of rotatable bonds is 4. The first-order valence-corrected chi connectivity index (χ1v) is 12.0. The van der Waals surface area contributed by atoms with Gasteiger partial charge in [0.1, 0.15) is 5.60 Å². The summed E-state index contributed by atoms with van der Waals surface area (Å²) < 4.78 is 7.74. The third-order valence-electron chi connectivity index (χ3n) is 5.95. The van der Waals surface area contributed by atoms with Crippen molar-refractivity contribution in [2.45, 2.75) is 51.8 Å². The molecular weight excluding hydrogens is 459 g/mol. The van der Waals surface area contributed by atoms with Crippen LogP contribution < -0.4 is 4.90 Å². The summed E-state index contributed by atoms with van der Waals surface area (Å²) in [6, 6.07) is 13.8. The summed E-state index contributed by atoms with van der Waals surface area (Å²) in [6.45, 7) is 7.83. The molecule has 2 aromatic carbocycles. The highest BCUT2D eigenvalue weighted by molar-refractivity contribution is 6.33. The number of fused-ring (bicyclic) bond motifs is 1. The molecule has 0 unspecified atom stereocenters. The number of benzene rings is 2. The molecule has 4 rings (SSSR count). The zero-order chi connectivity index (χ0) is 23.8. The fourth-order valence-electron chi connectivity index (χ4n) is 4.23. The lowest BCUT2D eigenvalue weighted by Gasteiger charge is -2.37. The molecule has 0 spiro atoms. The molecule has 1 aromatic heterocycles. The van der Waals surface area contributed by atoms with Gasteiger partial charge in [-0.3, -0.25) is 0 Å². The van der Waals surface area contributed by atoms with E-state index in [9.17, 15) is 4.79 Å². The van der Waals surface area contributed by atoms with E-state index in [4.69, 9.17) is 32.9 Å². The summed E-state index contributed by atoms with van der Waals surface area (Å²) in [6.07, 6.45) is 1.41. The van der Waals surface area contributed by atoms with Gasteiger partial charge in [0.15, 0.2) is 0 Å². The number of para-hydroxylation sites is 2. The lowest BCUT2D eigenvalue weighted by Crippen LogP contribution is -2.47. The number of anilines is 1. The Kier molecular flexibility index (Phi) is 6.78. The molecule has 1 amide bonds. The molecule has 8 heteroatoms. The quantitative estimate of drug-likeness (QED) is 0.436. The van der Waals surface area contributed by atoms with E-state index in [0.29, 0.717) is 16.6 Å². The molecule has 176 valence electrons. The normalized spacial score (nSPS) is 15.2. The van der Waals surface area contributed by atoms with Crippen LogP contribution in [0.5, 0.6) is 0 Å². The number of amides is 1. The summed E-state index contributed by atoms with van der Waals surface area (Å²) >= 11 is 12.7. The molecule has 0 saturated carbocycles. The number of ether oxygens (including phenoxy) is 1. The predicted molar refractivity (Wildman–Crippen MR) is 135 cm³/mol. The van der Waals surface area contributed by atoms with Gasteiger partial charge in [-0.25, -0.2) is 9.78 Å². The monoisotopic (exact) mass is 488 g/mol. The lowest BCUT2D eigenvalue weighted by atomic mass is 10.0. The molecule has 1 saturated heterocycles. The van der Waals surface area contributed by atoms with E-state index in [0.717, 1.165) is 48.5 Å². The minimum atomic E-state index is -0.501. The molecule has 2 heterocycles. The number of halogens is 2. The van der Waals surface area contributed by atoms with E-state index < -0.39 is 5.60 Å². The predicted octanol–water partition coefficient (Wildman–Crippen LogP) is 6.23. The fourth-order valence-corrected chi connectivity index (χ4v) is 4.60. The number of piperidine rings is 1. The van der Waals surface area contributed by atoms with Crippen LogP contribution in [-0.4, -0.2) is 52.3 Å². The summed E-state index contributed by atoms with van der Waals surface area (Å²) in [7, 11) is 1.82. The number of aromatic nitrogens is 2. The molecule has 0 N–H and O–H groups in total. The van der Waals surface area contributed by atoms with Crippen LogP contribution in [0.1, 0.15) is 39.2 Å². The zero-order valence-electron chi connectivity index (χ0n) is 19.5.